The van der Waals surface area contributed by atoms with E-state index < -0.39 is 17.0 Å². The fourth-order valence-electron chi connectivity index (χ4n) is 3.30. The number of piperidine rings is 1. The van der Waals surface area contributed by atoms with Gasteiger partial charge in [0.2, 0.25) is 0 Å². The molecule has 6 heteroatoms. The monoisotopic (exact) mass is 320 g/mol. The van der Waals surface area contributed by atoms with Crippen molar-refractivity contribution in [3.8, 4) is 5.75 Å². The molecule has 125 valence electrons. The largest absolute Gasteiger partial charge is 0.478 e. The van der Waals surface area contributed by atoms with Crippen LogP contribution in [0.4, 0.5) is 0 Å². The number of hydrogen-bond acceptors (Lipinski definition) is 4. The van der Waals surface area contributed by atoms with E-state index in [0.29, 0.717) is 18.6 Å². The van der Waals surface area contributed by atoms with E-state index in [1.54, 1.807) is 0 Å². The molecule has 2 rings (SSSR count). The first-order valence-corrected chi connectivity index (χ1v) is 7.55. The van der Waals surface area contributed by atoms with Crippen molar-refractivity contribution >= 4 is 11.9 Å². The molecule has 1 aliphatic heterocycles. The maximum Gasteiger partial charge on any atom is 0.335 e. The van der Waals surface area contributed by atoms with E-state index in [2.05, 4.69) is 0 Å². The van der Waals surface area contributed by atoms with Gasteiger partial charge in [-0.25, -0.2) is 4.79 Å². The summed E-state index contributed by atoms with van der Waals surface area (Å²) in [4.78, 5) is 23.2. The first kappa shape index (κ1) is 17.4. The summed E-state index contributed by atoms with van der Waals surface area (Å²) < 4.78 is 5.36. The number of hydrogen-bond donors (Lipinski definition) is 1. The van der Waals surface area contributed by atoms with E-state index in [4.69, 9.17) is 9.84 Å². The fourth-order valence-corrected chi connectivity index (χ4v) is 3.30. The van der Waals surface area contributed by atoms with Crippen LogP contribution in [0.15, 0.2) is 24.3 Å². The zero-order chi connectivity index (χ0) is 17.4. The average molecular weight is 320 g/mol. The minimum atomic E-state index is -1.03. The van der Waals surface area contributed by atoms with E-state index in [0.717, 1.165) is 5.06 Å². The van der Waals surface area contributed by atoms with E-state index in [1.165, 1.54) is 24.3 Å². The topological polar surface area (TPSA) is 86.7 Å². The van der Waals surface area contributed by atoms with E-state index in [1.807, 2.05) is 27.7 Å². The predicted molar refractivity (Wildman–Crippen MR) is 82.4 cm³/mol. The van der Waals surface area contributed by atoms with Gasteiger partial charge >= 0.3 is 11.9 Å². The van der Waals surface area contributed by atoms with Gasteiger partial charge in [0.15, 0.2) is 0 Å². The molecule has 1 heterocycles. The third-order valence-corrected chi connectivity index (χ3v) is 4.24. The fraction of sp³-hybridized carbons (Fsp3) is 0.529. The Morgan fingerprint density at radius 3 is 2.00 bits per heavy atom. The number of rotatable bonds is 3. The van der Waals surface area contributed by atoms with Crippen LogP contribution in [0.1, 0.15) is 50.9 Å². The normalized spacial score (nSPS) is 20.9. The number of hydroxylamine groups is 2. The van der Waals surface area contributed by atoms with E-state index >= 15 is 0 Å². The van der Waals surface area contributed by atoms with Crippen LogP contribution in [0.25, 0.3) is 0 Å². The Morgan fingerprint density at radius 2 is 1.57 bits per heavy atom. The SMILES string of the molecule is CC1(C)CC(C(=O)Oc2ccc(C(=O)O)cc2)CC(C)(C)N1[O]. The lowest BCUT2D eigenvalue weighted by molar-refractivity contribution is -0.293. The lowest BCUT2D eigenvalue weighted by atomic mass is 9.75. The lowest BCUT2D eigenvalue weighted by Crippen LogP contribution is -2.59. The molecule has 1 aliphatic rings. The Kier molecular flexibility index (Phi) is 4.50. The minimum absolute atomic E-state index is 0.131. The number of aromatic carboxylic acids is 1. The Balaban J connectivity index is 2.10. The molecule has 0 saturated carbocycles. The second-order valence-corrected chi connectivity index (χ2v) is 7.28. The van der Waals surface area contributed by atoms with Crippen LogP contribution in [-0.4, -0.2) is 33.2 Å². The zero-order valence-corrected chi connectivity index (χ0v) is 13.8. The van der Waals surface area contributed by atoms with Crippen LogP contribution in [0, 0.1) is 5.92 Å². The second kappa shape index (κ2) is 5.94. The quantitative estimate of drug-likeness (QED) is 0.683. The molecule has 0 unspecified atom stereocenters. The molecular weight excluding hydrogens is 298 g/mol. The summed E-state index contributed by atoms with van der Waals surface area (Å²) in [7, 11) is 0. The van der Waals surface area contributed by atoms with Crippen molar-refractivity contribution in [2.45, 2.75) is 51.6 Å². The van der Waals surface area contributed by atoms with Crippen LogP contribution >= 0.6 is 0 Å². The van der Waals surface area contributed by atoms with Crippen LogP contribution < -0.4 is 4.74 Å². The Hall–Kier alpha value is -1.92. The van der Waals surface area contributed by atoms with Crippen LogP contribution in [0.2, 0.25) is 0 Å². The number of ether oxygens (including phenoxy) is 1. The van der Waals surface area contributed by atoms with Crippen molar-refractivity contribution in [1.82, 2.24) is 5.06 Å². The average Bonchev–Trinajstić information content (AvgIpc) is 2.44. The highest BCUT2D eigenvalue weighted by atomic mass is 16.5. The summed E-state index contributed by atoms with van der Waals surface area (Å²) in [5.41, 5.74) is -1.15. The van der Waals surface area contributed by atoms with E-state index in [9.17, 15) is 14.8 Å². The zero-order valence-electron chi connectivity index (χ0n) is 13.8. The summed E-state index contributed by atoms with van der Waals surface area (Å²) in [6, 6.07) is 5.69. The first-order valence-electron chi connectivity index (χ1n) is 7.55. The second-order valence-electron chi connectivity index (χ2n) is 7.28. The molecule has 0 spiro atoms. The van der Waals surface area contributed by atoms with Gasteiger partial charge in [-0.1, -0.05) is 0 Å². The predicted octanol–water partition coefficient (Wildman–Crippen LogP) is 2.90. The number of carboxylic acid groups (broad SMARTS) is 1. The molecule has 1 aromatic carbocycles. The molecule has 1 N–H and O–H groups in total. The summed E-state index contributed by atoms with van der Waals surface area (Å²) in [5, 5.41) is 22.2. The third-order valence-electron chi connectivity index (χ3n) is 4.24. The highest BCUT2D eigenvalue weighted by Crippen LogP contribution is 2.40. The molecule has 6 nitrogen and oxygen atoms in total. The van der Waals surface area contributed by atoms with Gasteiger partial charge in [0, 0.05) is 11.1 Å². The van der Waals surface area contributed by atoms with Gasteiger partial charge in [-0.15, -0.1) is 10.3 Å². The van der Waals surface area contributed by atoms with Crippen LogP contribution in [0.5, 0.6) is 5.75 Å². The van der Waals surface area contributed by atoms with Crippen molar-refractivity contribution in [2.24, 2.45) is 5.92 Å². The molecule has 0 amide bonds. The summed E-state index contributed by atoms with van der Waals surface area (Å²) in [6.45, 7) is 7.29. The maximum atomic E-state index is 12.4. The Bertz CT molecular complexity index is 588. The smallest absolute Gasteiger partial charge is 0.335 e. The van der Waals surface area contributed by atoms with Gasteiger partial charge < -0.3 is 9.84 Å². The first-order chi connectivity index (χ1) is 10.5. The molecular formula is C17H22NO5. The number of nitrogens with zero attached hydrogens (tertiary/aromatic N) is 1. The summed E-state index contributed by atoms with van der Waals surface area (Å²) >= 11 is 0. The van der Waals surface area contributed by atoms with Crippen molar-refractivity contribution in [3.05, 3.63) is 29.8 Å². The van der Waals surface area contributed by atoms with Crippen molar-refractivity contribution in [2.75, 3.05) is 0 Å². The minimum Gasteiger partial charge on any atom is -0.478 e. The molecule has 1 radical (unpaired) electrons. The highest BCUT2D eigenvalue weighted by Gasteiger charge is 2.48. The number of benzene rings is 1. The Morgan fingerprint density at radius 1 is 1.09 bits per heavy atom. The maximum absolute atomic E-state index is 12.4. The van der Waals surface area contributed by atoms with Crippen molar-refractivity contribution < 1.29 is 24.6 Å². The van der Waals surface area contributed by atoms with Gasteiger partial charge in [-0.3, -0.25) is 4.79 Å². The number of carbonyl (C=O) groups excluding carboxylic acids is 1. The van der Waals surface area contributed by atoms with E-state index in [-0.39, 0.29) is 17.5 Å². The molecule has 0 bridgehead atoms. The molecule has 0 atom stereocenters. The van der Waals surface area contributed by atoms with Gasteiger partial charge in [-0.2, -0.15) is 0 Å². The van der Waals surface area contributed by atoms with Gasteiger partial charge in [0.25, 0.3) is 0 Å². The van der Waals surface area contributed by atoms with Crippen molar-refractivity contribution in [3.63, 3.8) is 0 Å². The van der Waals surface area contributed by atoms with Gasteiger partial charge in [0.1, 0.15) is 5.75 Å². The van der Waals surface area contributed by atoms with Crippen molar-refractivity contribution in [1.29, 1.82) is 0 Å². The van der Waals surface area contributed by atoms with Crippen LogP contribution in [-0.2, 0) is 10.0 Å². The lowest BCUT2D eigenvalue weighted by Gasteiger charge is -2.49. The summed E-state index contributed by atoms with van der Waals surface area (Å²) in [6.07, 6.45) is 0.845. The molecule has 23 heavy (non-hydrogen) atoms. The van der Waals surface area contributed by atoms with Gasteiger partial charge in [0.05, 0.1) is 11.5 Å². The standard InChI is InChI=1S/C17H22NO5/c1-16(2)9-12(10-17(3,4)18(16)22)15(21)23-13-7-5-11(6-8-13)14(19)20/h5-8,12H,9-10H2,1-4H3,(H,19,20). The highest BCUT2D eigenvalue weighted by molar-refractivity contribution is 5.87. The third kappa shape index (κ3) is 3.71. The van der Waals surface area contributed by atoms with Gasteiger partial charge in [-0.05, 0) is 64.8 Å². The van der Waals surface area contributed by atoms with Crippen LogP contribution in [0.3, 0.4) is 0 Å². The molecule has 1 saturated heterocycles. The molecule has 0 aromatic heterocycles. The molecule has 1 fully saturated rings. The number of esters is 1. The molecule has 0 aliphatic carbocycles. The number of carboxylic acids is 1. The molecule has 1 aromatic rings. The number of carbonyl (C=O) groups is 2. The summed E-state index contributed by atoms with van der Waals surface area (Å²) in [5.74, 6) is -1.49. The Labute approximate surface area is 135 Å².